The van der Waals surface area contributed by atoms with Gasteiger partial charge in [0.1, 0.15) is 0 Å². The molecule has 0 aromatic rings. The van der Waals surface area contributed by atoms with Gasteiger partial charge in [-0.2, -0.15) is 0 Å². The minimum Gasteiger partial charge on any atom is -0.696 e. The second kappa shape index (κ2) is 15.8. The summed E-state index contributed by atoms with van der Waals surface area (Å²) in [6, 6.07) is 0. The third-order valence-corrected chi connectivity index (χ3v) is 1.11. The second-order valence-corrected chi connectivity index (χ2v) is 2.20. The normalized spacial score (nSPS) is 17.6. The number of nitrogens with zero attached hydrogens (tertiary/aromatic N) is 1. The maximum atomic E-state index is 7.13. The summed E-state index contributed by atoms with van der Waals surface area (Å²) >= 11 is 3.70. The minimum atomic E-state index is 0. The average molecular weight is 239 g/mol. The molecule has 3 heteroatoms. The summed E-state index contributed by atoms with van der Waals surface area (Å²) in [5.41, 5.74) is 0. The van der Waals surface area contributed by atoms with Gasteiger partial charge in [0.25, 0.3) is 0 Å². The Morgan fingerprint density at radius 3 is 0.786 bits per heavy atom. The molecule has 0 N–H and O–H groups in total. The van der Waals surface area contributed by atoms with Crippen LogP contribution in [0.25, 0.3) is 0 Å². The van der Waals surface area contributed by atoms with Gasteiger partial charge in [0, 0.05) is 0 Å². The first-order valence-electron chi connectivity index (χ1n) is 3.76. The van der Waals surface area contributed by atoms with Crippen molar-refractivity contribution in [3.05, 3.63) is 64.2 Å². The number of hydrogen-bond acceptors (Lipinski definition) is 2. The molecule has 0 atom stereocenters. The molecule has 11 radical (unpaired) electrons. The molecule has 0 aliphatic heterocycles. The van der Waals surface area contributed by atoms with Crippen molar-refractivity contribution in [2.45, 2.75) is 0 Å². The van der Waals surface area contributed by atoms with E-state index in [-0.39, 0.29) is 18.6 Å². The van der Waals surface area contributed by atoms with Gasteiger partial charge in [-0.15, -0.1) is 0 Å². The van der Waals surface area contributed by atoms with Crippen LogP contribution < -0.4 is 0 Å². The Hall–Kier alpha value is 0.294. The SMILES string of the molecule is N#C[S-].[CH]1[CH][CH][CH][CH]1.[CH]1[CH][CH][CH][CH]1.[V+4]. The van der Waals surface area contributed by atoms with Crippen molar-refractivity contribution in [3.63, 3.8) is 0 Å². The smallest absolute Gasteiger partial charge is 0.696 e. The van der Waals surface area contributed by atoms with Crippen LogP contribution in [0.1, 0.15) is 0 Å². The molecule has 0 bridgehead atoms. The molecule has 67 valence electrons. The maximum absolute atomic E-state index is 7.13. The molecule has 0 spiro atoms. The molecule has 14 heavy (non-hydrogen) atoms. The zero-order valence-corrected chi connectivity index (χ0v) is 9.79. The number of hydrogen-bond donors (Lipinski definition) is 0. The quantitative estimate of drug-likeness (QED) is 0.477. The standard InChI is InChI=1S/2C5H5.CHNS.V/c2*1-2-4-5-3-1;2-1-3;/h2*1-5H;3H;/q;;;+4/p-1. The topological polar surface area (TPSA) is 23.8 Å². The fourth-order valence-corrected chi connectivity index (χ4v) is 0.642. The summed E-state index contributed by atoms with van der Waals surface area (Å²) in [5, 5.41) is 8.47. The zero-order valence-electron chi connectivity index (χ0n) is 7.58. The van der Waals surface area contributed by atoms with Crippen LogP contribution in [0.2, 0.25) is 0 Å². The Balaban J connectivity index is 0. The summed E-state index contributed by atoms with van der Waals surface area (Å²) < 4.78 is 0. The van der Waals surface area contributed by atoms with Crippen molar-refractivity contribution in [2.75, 3.05) is 0 Å². The fraction of sp³-hybridized carbons (Fsp3) is 0. The second-order valence-electron chi connectivity index (χ2n) is 2.02. The van der Waals surface area contributed by atoms with Crippen molar-refractivity contribution in [1.29, 1.82) is 5.26 Å². The average Bonchev–Trinajstić information content (AvgIpc) is 2.85. The van der Waals surface area contributed by atoms with E-state index < -0.39 is 0 Å². The third kappa shape index (κ3) is 14.8. The third-order valence-electron chi connectivity index (χ3n) is 1.11. The fourth-order valence-electron chi connectivity index (χ4n) is 0.642. The molecule has 2 saturated carbocycles. The van der Waals surface area contributed by atoms with Gasteiger partial charge >= 0.3 is 18.6 Å². The number of thiocyanates is 1. The molecular weight excluding hydrogens is 229 g/mol. The number of nitriles is 1. The predicted octanol–water partition coefficient (Wildman–Crippen LogP) is 2.05. The van der Waals surface area contributed by atoms with Gasteiger partial charge in [-0.25, -0.2) is 5.26 Å². The first-order chi connectivity index (χ1) is 6.41. The molecule has 0 heterocycles. The van der Waals surface area contributed by atoms with E-state index in [0.717, 1.165) is 0 Å². The van der Waals surface area contributed by atoms with Crippen LogP contribution in [-0.2, 0) is 31.2 Å². The van der Waals surface area contributed by atoms with Gasteiger partial charge in [-0.3, -0.25) is 0 Å². The van der Waals surface area contributed by atoms with Gasteiger partial charge in [0.05, 0.1) is 0 Å². The van der Waals surface area contributed by atoms with E-state index in [1.165, 1.54) is 5.40 Å². The summed E-state index contributed by atoms with van der Waals surface area (Å²) in [6.45, 7) is 0. The van der Waals surface area contributed by atoms with Crippen LogP contribution in [0.4, 0.5) is 0 Å². The van der Waals surface area contributed by atoms with Gasteiger partial charge < -0.3 is 12.6 Å². The Bertz CT molecular complexity index is 101. The zero-order chi connectivity index (χ0) is 9.78. The van der Waals surface area contributed by atoms with Gasteiger partial charge in [-0.1, -0.05) is 5.40 Å². The van der Waals surface area contributed by atoms with Crippen LogP contribution in [0.3, 0.4) is 0 Å². The van der Waals surface area contributed by atoms with Crippen LogP contribution in [-0.4, -0.2) is 0 Å². The first kappa shape index (κ1) is 16.7. The molecule has 0 aromatic carbocycles. The Kier molecular flexibility index (Phi) is 18.8. The van der Waals surface area contributed by atoms with E-state index in [1.807, 2.05) is 64.2 Å². The van der Waals surface area contributed by atoms with Crippen molar-refractivity contribution < 1.29 is 18.6 Å². The van der Waals surface area contributed by atoms with Crippen LogP contribution in [0.5, 0.6) is 0 Å². The van der Waals surface area contributed by atoms with E-state index in [1.54, 1.807) is 0 Å². The summed E-state index contributed by atoms with van der Waals surface area (Å²) in [6.07, 6.45) is 20.0. The molecule has 2 aliphatic rings. The van der Waals surface area contributed by atoms with Crippen LogP contribution in [0, 0.1) is 74.9 Å². The van der Waals surface area contributed by atoms with Gasteiger partial charge in [-0.05, 0) is 64.2 Å². The first-order valence-corrected chi connectivity index (χ1v) is 4.17. The van der Waals surface area contributed by atoms with Crippen LogP contribution >= 0.6 is 0 Å². The monoisotopic (exact) mass is 239 g/mol. The maximum Gasteiger partial charge on any atom is 4.00 e. The van der Waals surface area contributed by atoms with Gasteiger partial charge in [0.15, 0.2) is 0 Å². The van der Waals surface area contributed by atoms with Crippen LogP contribution in [0.15, 0.2) is 0 Å². The summed E-state index contributed by atoms with van der Waals surface area (Å²) in [4.78, 5) is 0. The minimum absolute atomic E-state index is 0. The largest absolute Gasteiger partial charge is 4.00 e. The predicted molar refractivity (Wildman–Crippen MR) is 56.0 cm³/mol. The van der Waals surface area contributed by atoms with E-state index >= 15 is 0 Å². The summed E-state index contributed by atoms with van der Waals surface area (Å²) in [5.74, 6) is 0. The Labute approximate surface area is 106 Å². The van der Waals surface area contributed by atoms with E-state index in [2.05, 4.69) is 12.6 Å². The van der Waals surface area contributed by atoms with E-state index in [0.29, 0.717) is 0 Å². The van der Waals surface area contributed by atoms with E-state index in [4.69, 9.17) is 5.26 Å². The van der Waals surface area contributed by atoms with Crippen molar-refractivity contribution >= 4 is 12.6 Å². The Morgan fingerprint density at radius 2 is 0.714 bits per heavy atom. The van der Waals surface area contributed by atoms with Crippen molar-refractivity contribution in [3.8, 4) is 5.40 Å². The molecule has 0 aromatic heterocycles. The molecule has 1 nitrogen and oxygen atoms in total. The molecule has 2 rings (SSSR count). The molecule has 0 unspecified atom stereocenters. The van der Waals surface area contributed by atoms with Crippen molar-refractivity contribution in [2.24, 2.45) is 0 Å². The van der Waals surface area contributed by atoms with E-state index in [9.17, 15) is 0 Å². The summed E-state index contributed by atoms with van der Waals surface area (Å²) in [7, 11) is 0. The van der Waals surface area contributed by atoms with Crippen molar-refractivity contribution in [1.82, 2.24) is 0 Å². The molecule has 0 amide bonds. The molecular formula is C11H10NSV+3. The Morgan fingerprint density at radius 1 is 0.643 bits per heavy atom. The number of rotatable bonds is 0. The van der Waals surface area contributed by atoms with Gasteiger partial charge in [0.2, 0.25) is 0 Å². The molecule has 0 saturated heterocycles. The molecule has 2 aliphatic carbocycles. The molecule has 2 fully saturated rings.